The zero-order valence-electron chi connectivity index (χ0n) is 11.8. The Morgan fingerprint density at radius 2 is 2.20 bits per heavy atom. The molecule has 4 heteroatoms. The van der Waals surface area contributed by atoms with E-state index in [0.29, 0.717) is 12.1 Å². The Kier molecular flexibility index (Phi) is 4.02. The van der Waals surface area contributed by atoms with Crippen molar-refractivity contribution in [1.29, 1.82) is 0 Å². The van der Waals surface area contributed by atoms with Crippen molar-refractivity contribution in [2.24, 2.45) is 0 Å². The van der Waals surface area contributed by atoms with Crippen LogP contribution in [-0.4, -0.2) is 28.7 Å². The van der Waals surface area contributed by atoms with Crippen LogP contribution < -0.4 is 5.32 Å². The molecule has 20 heavy (non-hydrogen) atoms. The van der Waals surface area contributed by atoms with Crippen LogP contribution in [0.2, 0.25) is 0 Å². The van der Waals surface area contributed by atoms with Crippen LogP contribution in [0, 0.1) is 0 Å². The summed E-state index contributed by atoms with van der Waals surface area (Å²) in [5, 5.41) is 3.61. The fraction of sp³-hybridized carbons (Fsp3) is 0.438. The van der Waals surface area contributed by atoms with Crippen molar-refractivity contribution >= 4 is 5.69 Å². The number of ether oxygens (including phenoxy) is 1. The number of anilines is 1. The summed E-state index contributed by atoms with van der Waals surface area (Å²) in [4.78, 5) is 7.17. The van der Waals surface area contributed by atoms with E-state index in [-0.39, 0.29) is 0 Å². The molecule has 2 unspecified atom stereocenters. The second-order valence-electron chi connectivity index (χ2n) is 5.31. The molecule has 0 aliphatic carbocycles. The second-order valence-corrected chi connectivity index (χ2v) is 5.31. The van der Waals surface area contributed by atoms with Crippen LogP contribution >= 0.6 is 0 Å². The predicted octanol–water partition coefficient (Wildman–Crippen LogP) is 3.45. The van der Waals surface area contributed by atoms with E-state index >= 15 is 0 Å². The molecule has 2 N–H and O–H groups in total. The molecule has 1 aliphatic heterocycles. The fourth-order valence-corrected chi connectivity index (χ4v) is 2.69. The molecule has 1 aliphatic rings. The van der Waals surface area contributed by atoms with Gasteiger partial charge in [-0.3, -0.25) is 0 Å². The lowest BCUT2D eigenvalue weighted by Gasteiger charge is -2.30. The van der Waals surface area contributed by atoms with Crippen LogP contribution in [0.3, 0.4) is 0 Å². The Morgan fingerprint density at radius 1 is 1.35 bits per heavy atom. The van der Waals surface area contributed by atoms with E-state index in [1.807, 2.05) is 6.20 Å². The Hall–Kier alpha value is -1.81. The van der Waals surface area contributed by atoms with E-state index in [0.717, 1.165) is 37.1 Å². The zero-order valence-corrected chi connectivity index (χ0v) is 11.8. The van der Waals surface area contributed by atoms with Gasteiger partial charge in [-0.1, -0.05) is 19.1 Å². The van der Waals surface area contributed by atoms with Gasteiger partial charge in [0.1, 0.15) is 0 Å². The number of aromatic amines is 1. The van der Waals surface area contributed by atoms with Crippen LogP contribution in [0.4, 0.5) is 5.69 Å². The van der Waals surface area contributed by atoms with Crippen LogP contribution in [0.5, 0.6) is 0 Å². The first-order valence-corrected chi connectivity index (χ1v) is 7.32. The van der Waals surface area contributed by atoms with Crippen molar-refractivity contribution in [2.75, 3.05) is 11.9 Å². The van der Waals surface area contributed by atoms with Crippen molar-refractivity contribution in [2.45, 2.75) is 38.3 Å². The molecule has 0 bridgehead atoms. The van der Waals surface area contributed by atoms with Gasteiger partial charge in [-0.2, -0.15) is 0 Å². The van der Waals surface area contributed by atoms with Gasteiger partial charge in [0.15, 0.2) is 0 Å². The molecule has 1 aromatic heterocycles. The lowest BCUT2D eigenvalue weighted by molar-refractivity contribution is 0.00926. The lowest BCUT2D eigenvalue weighted by atomic mass is 10.0. The number of hydrogen-bond donors (Lipinski definition) is 2. The molecule has 2 heterocycles. The van der Waals surface area contributed by atoms with Gasteiger partial charge in [-0.05, 0) is 37.0 Å². The maximum absolute atomic E-state index is 5.71. The van der Waals surface area contributed by atoms with E-state index in [2.05, 4.69) is 46.5 Å². The highest BCUT2D eigenvalue weighted by Crippen LogP contribution is 2.23. The minimum atomic E-state index is 0.408. The van der Waals surface area contributed by atoms with Gasteiger partial charge in [0.25, 0.3) is 0 Å². The standard InChI is InChI=1S/C16H21N3O/c1-2-15-9-14(7-8-20-15)19-13-5-3-12(4-6-13)16-10-17-11-18-16/h3-6,10-11,14-15,19H,2,7-9H2,1H3,(H,17,18). The molecule has 0 spiro atoms. The summed E-state index contributed by atoms with van der Waals surface area (Å²) < 4.78 is 5.71. The summed E-state index contributed by atoms with van der Waals surface area (Å²) in [5.41, 5.74) is 3.38. The molecule has 0 amide bonds. The molecule has 1 fully saturated rings. The highest BCUT2D eigenvalue weighted by atomic mass is 16.5. The number of aromatic nitrogens is 2. The summed E-state index contributed by atoms with van der Waals surface area (Å²) in [7, 11) is 0. The molecule has 0 saturated carbocycles. The molecular formula is C16H21N3O. The maximum atomic E-state index is 5.71. The van der Waals surface area contributed by atoms with Crippen molar-refractivity contribution in [3.05, 3.63) is 36.8 Å². The first kappa shape index (κ1) is 13.2. The molecule has 3 rings (SSSR count). The van der Waals surface area contributed by atoms with Gasteiger partial charge < -0.3 is 15.0 Å². The molecule has 2 atom stereocenters. The largest absolute Gasteiger partial charge is 0.382 e. The molecular weight excluding hydrogens is 250 g/mol. The lowest BCUT2D eigenvalue weighted by Crippen LogP contribution is -2.33. The number of imidazole rings is 1. The molecule has 106 valence electrons. The second kappa shape index (κ2) is 6.09. The van der Waals surface area contributed by atoms with Crippen LogP contribution in [0.15, 0.2) is 36.8 Å². The van der Waals surface area contributed by atoms with Crippen molar-refractivity contribution in [3.8, 4) is 11.3 Å². The SMILES string of the molecule is CCC1CC(Nc2ccc(-c3cnc[nH]3)cc2)CCO1. The van der Waals surface area contributed by atoms with Gasteiger partial charge in [0.2, 0.25) is 0 Å². The molecule has 1 aromatic carbocycles. The van der Waals surface area contributed by atoms with E-state index < -0.39 is 0 Å². The van der Waals surface area contributed by atoms with Gasteiger partial charge in [-0.15, -0.1) is 0 Å². The third-order valence-electron chi connectivity index (χ3n) is 3.89. The fourth-order valence-electron chi connectivity index (χ4n) is 2.69. The highest BCUT2D eigenvalue weighted by Gasteiger charge is 2.20. The minimum absolute atomic E-state index is 0.408. The third kappa shape index (κ3) is 3.02. The van der Waals surface area contributed by atoms with Crippen molar-refractivity contribution in [3.63, 3.8) is 0 Å². The van der Waals surface area contributed by atoms with Crippen LogP contribution in [0.25, 0.3) is 11.3 Å². The first-order chi connectivity index (χ1) is 9.85. The molecule has 0 radical (unpaired) electrons. The maximum Gasteiger partial charge on any atom is 0.0924 e. The Labute approximate surface area is 119 Å². The predicted molar refractivity (Wildman–Crippen MR) is 80.7 cm³/mol. The Morgan fingerprint density at radius 3 is 2.90 bits per heavy atom. The topological polar surface area (TPSA) is 49.9 Å². The van der Waals surface area contributed by atoms with Gasteiger partial charge in [0.05, 0.1) is 24.3 Å². The average Bonchev–Trinajstić information content (AvgIpc) is 3.02. The van der Waals surface area contributed by atoms with E-state index in [1.165, 1.54) is 5.69 Å². The summed E-state index contributed by atoms with van der Waals surface area (Å²) in [5.74, 6) is 0. The smallest absolute Gasteiger partial charge is 0.0924 e. The van der Waals surface area contributed by atoms with E-state index in [9.17, 15) is 0 Å². The normalized spacial score (nSPS) is 22.6. The average molecular weight is 271 g/mol. The van der Waals surface area contributed by atoms with Crippen molar-refractivity contribution in [1.82, 2.24) is 9.97 Å². The minimum Gasteiger partial charge on any atom is -0.382 e. The monoisotopic (exact) mass is 271 g/mol. The Bertz CT molecular complexity index is 521. The summed E-state index contributed by atoms with van der Waals surface area (Å²) >= 11 is 0. The summed E-state index contributed by atoms with van der Waals surface area (Å²) in [6.07, 6.45) is 7.22. The number of nitrogens with zero attached hydrogens (tertiary/aromatic N) is 1. The first-order valence-electron chi connectivity index (χ1n) is 7.32. The molecule has 1 saturated heterocycles. The summed E-state index contributed by atoms with van der Waals surface area (Å²) in [6.45, 7) is 3.05. The summed E-state index contributed by atoms with van der Waals surface area (Å²) in [6, 6.07) is 9.02. The molecule has 4 nitrogen and oxygen atoms in total. The van der Waals surface area contributed by atoms with Crippen LogP contribution in [-0.2, 0) is 4.74 Å². The van der Waals surface area contributed by atoms with Gasteiger partial charge in [0, 0.05) is 18.3 Å². The van der Waals surface area contributed by atoms with Gasteiger partial charge >= 0.3 is 0 Å². The van der Waals surface area contributed by atoms with Crippen LogP contribution in [0.1, 0.15) is 26.2 Å². The number of benzene rings is 1. The Balaban J connectivity index is 1.63. The third-order valence-corrected chi connectivity index (χ3v) is 3.89. The number of H-pyrrole nitrogens is 1. The zero-order chi connectivity index (χ0) is 13.8. The number of rotatable bonds is 4. The highest BCUT2D eigenvalue weighted by molar-refractivity contribution is 5.62. The quantitative estimate of drug-likeness (QED) is 0.895. The van der Waals surface area contributed by atoms with E-state index in [4.69, 9.17) is 4.74 Å². The number of hydrogen-bond acceptors (Lipinski definition) is 3. The molecule has 2 aromatic rings. The number of nitrogens with one attached hydrogen (secondary N) is 2. The van der Waals surface area contributed by atoms with Crippen molar-refractivity contribution < 1.29 is 4.74 Å². The van der Waals surface area contributed by atoms with E-state index in [1.54, 1.807) is 6.33 Å². The van der Waals surface area contributed by atoms with Gasteiger partial charge in [-0.25, -0.2) is 4.98 Å².